The molecule has 2 heterocycles. The molecule has 0 atom stereocenters. The zero-order valence-corrected chi connectivity index (χ0v) is 15.0. The highest BCUT2D eigenvalue weighted by Gasteiger charge is 2.16. The summed E-state index contributed by atoms with van der Waals surface area (Å²) in [6, 6.07) is 11.4. The average molecular weight is 361 g/mol. The van der Waals surface area contributed by atoms with Crippen LogP contribution in [-0.4, -0.2) is 18.0 Å². The second kappa shape index (κ2) is 7.29. The number of hydrogen-bond donors (Lipinski definition) is 1. The molecule has 0 unspecified atom stereocenters. The Bertz CT molecular complexity index is 882. The van der Waals surface area contributed by atoms with Gasteiger partial charge in [-0.15, -0.1) is 11.3 Å². The van der Waals surface area contributed by atoms with Crippen LogP contribution in [0.3, 0.4) is 0 Å². The summed E-state index contributed by atoms with van der Waals surface area (Å²) in [7, 11) is -3.44. The number of thiophene rings is 1. The topological polar surface area (TPSA) is 64.0 Å². The van der Waals surface area contributed by atoms with Crippen LogP contribution in [0.25, 0.3) is 0 Å². The minimum Gasteiger partial charge on any atom is -0.333 e. The molecule has 1 aromatic carbocycles. The van der Waals surface area contributed by atoms with E-state index in [4.69, 9.17) is 0 Å². The van der Waals surface area contributed by atoms with Gasteiger partial charge in [0.2, 0.25) is 10.0 Å². The highest BCUT2D eigenvalue weighted by Crippen LogP contribution is 2.22. The molecule has 0 saturated heterocycles. The maximum Gasteiger partial charge on any atom is 0.250 e. The summed E-state index contributed by atoms with van der Waals surface area (Å²) in [6.07, 6.45) is 6.28. The van der Waals surface area contributed by atoms with Gasteiger partial charge in [-0.05, 0) is 29.7 Å². The van der Waals surface area contributed by atoms with Crippen LogP contribution in [0.5, 0.6) is 0 Å². The predicted molar refractivity (Wildman–Crippen MR) is 95.5 cm³/mol. The van der Waals surface area contributed by atoms with E-state index in [-0.39, 0.29) is 6.54 Å². The number of benzene rings is 1. The second-order valence-corrected chi connectivity index (χ2v) is 8.61. The normalized spacial score (nSPS) is 11.7. The monoisotopic (exact) mass is 361 g/mol. The summed E-state index contributed by atoms with van der Waals surface area (Å²) in [5, 5.41) is 0. The molecule has 0 aliphatic carbocycles. The molecule has 24 heavy (non-hydrogen) atoms. The van der Waals surface area contributed by atoms with Gasteiger partial charge in [-0.25, -0.2) is 18.1 Å². The van der Waals surface area contributed by atoms with E-state index in [1.807, 2.05) is 48.0 Å². The van der Waals surface area contributed by atoms with E-state index >= 15 is 0 Å². The first-order chi connectivity index (χ1) is 11.6. The Morgan fingerprint density at radius 1 is 1.12 bits per heavy atom. The molecule has 0 radical (unpaired) electrons. The Labute approximate surface area is 146 Å². The van der Waals surface area contributed by atoms with E-state index in [0.717, 1.165) is 29.0 Å². The maximum absolute atomic E-state index is 12.3. The van der Waals surface area contributed by atoms with E-state index in [1.54, 1.807) is 18.6 Å². The Balaban J connectivity index is 1.61. The van der Waals surface area contributed by atoms with Crippen LogP contribution in [0, 0.1) is 0 Å². The minimum absolute atomic E-state index is 0.285. The number of aromatic nitrogens is 2. The molecule has 7 heteroatoms. The van der Waals surface area contributed by atoms with Crippen LogP contribution < -0.4 is 4.72 Å². The van der Waals surface area contributed by atoms with Crippen LogP contribution in [0.2, 0.25) is 0 Å². The number of nitrogens with zero attached hydrogens (tertiary/aromatic N) is 2. The lowest BCUT2D eigenvalue weighted by Crippen LogP contribution is -2.22. The van der Waals surface area contributed by atoms with Crippen molar-refractivity contribution in [2.75, 3.05) is 0 Å². The van der Waals surface area contributed by atoms with Gasteiger partial charge in [0.05, 0.1) is 6.33 Å². The van der Waals surface area contributed by atoms with Gasteiger partial charge in [0, 0.05) is 30.4 Å². The zero-order chi connectivity index (χ0) is 17.0. The summed E-state index contributed by atoms with van der Waals surface area (Å²) < 4.78 is 29.6. The Hall–Kier alpha value is -1.96. The molecule has 5 nitrogen and oxygen atoms in total. The first-order valence-corrected chi connectivity index (χ1v) is 9.99. The SMILES string of the molecule is CCc1ccc(S(=O)(=O)NCc2ccc(Cn3ccnc3)cc2)s1. The molecule has 3 aromatic rings. The predicted octanol–water partition coefficient (Wildman–Crippen LogP) is 3.03. The van der Waals surface area contributed by atoms with Crippen LogP contribution in [0.1, 0.15) is 22.9 Å². The number of imidazole rings is 1. The maximum atomic E-state index is 12.3. The average Bonchev–Trinajstić information content (AvgIpc) is 3.26. The van der Waals surface area contributed by atoms with Gasteiger partial charge in [-0.1, -0.05) is 31.2 Å². The number of sulfonamides is 1. The standard InChI is InChI=1S/C17H19N3O2S2/c1-2-16-7-8-17(23-16)24(21,22)19-11-14-3-5-15(6-4-14)12-20-10-9-18-13-20/h3-10,13,19H,2,11-12H2,1H3. The molecule has 0 amide bonds. The Morgan fingerprint density at radius 2 is 1.88 bits per heavy atom. The Kier molecular flexibility index (Phi) is 5.13. The third kappa shape index (κ3) is 4.11. The van der Waals surface area contributed by atoms with Gasteiger partial charge in [0.25, 0.3) is 0 Å². The van der Waals surface area contributed by atoms with Crippen molar-refractivity contribution in [2.24, 2.45) is 0 Å². The molecule has 0 aliphatic heterocycles. The zero-order valence-electron chi connectivity index (χ0n) is 13.3. The highest BCUT2D eigenvalue weighted by molar-refractivity contribution is 7.91. The Morgan fingerprint density at radius 3 is 2.50 bits per heavy atom. The molecule has 0 fully saturated rings. The van der Waals surface area contributed by atoms with Gasteiger partial charge >= 0.3 is 0 Å². The number of nitrogens with one attached hydrogen (secondary N) is 1. The van der Waals surface area contributed by atoms with E-state index < -0.39 is 10.0 Å². The van der Waals surface area contributed by atoms with Crippen molar-refractivity contribution in [2.45, 2.75) is 30.6 Å². The smallest absolute Gasteiger partial charge is 0.250 e. The molecular weight excluding hydrogens is 342 g/mol. The third-order valence-electron chi connectivity index (χ3n) is 3.66. The summed E-state index contributed by atoms with van der Waals surface area (Å²) in [5.74, 6) is 0. The van der Waals surface area contributed by atoms with E-state index in [9.17, 15) is 8.42 Å². The lowest BCUT2D eigenvalue weighted by atomic mass is 10.1. The number of rotatable bonds is 7. The van der Waals surface area contributed by atoms with E-state index in [0.29, 0.717) is 4.21 Å². The van der Waals surface area contributed by atoms with Crippen molar-refractivity contribution in [3.8, 4) is 0 Å². The largest absolute Gasteiger partial charge is 0.333 e. The molecule has 2 aromatic heterocycles. The van der Waals surface area contributed by atoms with Gasteiger partial charge in [0.15, 0.2) is 0 Å². The van der Waals surface area contributed by atoms with Gasteiger partial charge in [-0.2, -0.15) is 0 Å². The van der Waals surface area contributed by atoms with Crippen LogP contribution in [-0.2, 0) is 29.5 Å². The van der Waals surface area contributed by atoms with Gasteiger partial charge in [0.1, 0.15) is 4.21 Å². The molecule has 0 saturated carbocycles. The number of hydrogen-bond acceptors (Lipinski definition) is 4. The molecule has 3 rings (SSSR count). The quantitative estimate of drug-likeness (QED) is 0.703. The molecule has 1 N–H and O–H groups in total. The van der Waals surface area contributed by atoms with Crippen LogP contribution >= 0.6 is 11.3 Å². The molecular formula is C17H19N3O2S2. The van der Waals surface area contributed by atoms with Crippen molar-refractivity contribution < 1.29 is 8.42 Å². The first-order valence-electron chi connectivity index (χ1n) is 7.69. The second-order valence-electron chi connectivity index (χ2n) is 5.45. The molecule has 0 spiro atoms. The first kappa shape index (κ1) is 16.9. The van der Waals surface area contributed by atoms with Crippen molar-refractivity contribution in [3.05, 3.63) is 71.1 Å². The fourth-order valence-electron chi connectivity index (χ4n) is 2.30. The summed E-state index contributed by atoms with van der Waals surface area (Å²) in [6.45, 7) is 3.05. The van der Waals surface area contributed by atoms with Crippen molar-refractivity contribution in [1.29, 1.82) is 0 Å². The van der Waals surface area contributed by atoms with Gasteiger partial charge < -0.3 is 4.57 Å². The van der Waals surface area contributed by atoms with E-state index in [1.165, 1.54) is 11.3 Å². The molecule has 0 bridgehead atoms. The van der Waals surface area contributed by atoms with Crippen molar-refractivity contribution in [1.82, 2.24) is 14.3 Å². The van der Waals surface area contributed by atoms with Crippen LogP contribution in [0.15, 0.2) is 59.3 Å². The van der Waals surface area contributed by atoms with Crippen LogP contribution in [0.4, 0.5) is 0 Å². The van der Waals surface area contributed by atoms with Gasteiger partial charge in [-0.3, -0.25) is 0 Å². The summed E-state index contributed by atoms with van der Waals surface area (Å²) in [4.78, 5) is 5.08. The highest BCUT2D eigenvalue weighted by atomic mass is 32.2. The fraction of sp³-hybridized carbons (Fsp3) is 0.235. The van der Waals surface area contributed by atoms with Crippen molar-refractivity contribution in [3.63, 3.8) is 0 Å². The fourth-order valence-corrected chi connectivity index (χ4v) is 4.65. The summed E-state index contributed by atoms with van der Waals surface area (Å²) in [5.41, 5.74) is 2.07. The van der Waals surface area contributed by atoms with Crippen molar-refractivity contribution >= 4 is 21.4 Å². The third-order valence-corrected chi connectivity index (χ3v) is 6.79. The minimum atomic E-state index is -3.44. The summed E-state index contributed by atoms with van der Waals surface area (Å²) >= 11 is 1.32. The lowest BCUT2D eigenvalue weighted by molar-refractivity contribution is 0.583. The lowest BCUT2D eigenvalue weighted by Gasteiger charge is -2.07. The van der Waals surface area contributed by atoms with E-state index in [2.05, 4.69) is 9.71 Å². The number of aryl methyl sites for hydroxylation is 1. The molecule has 126 valence electrons. The molecule has 0 aliphatic rings.